The summed E-state index contributed by atoms with van der Waals surface area (Å²) >= 11 is 0. The maximum Gasteiger partial charge on any atom is 0.123 e. The van der Waals surface area contributed by atoms with E-state index in [-0.39, 0.29) is 11.9 Å². The van der Waals surface area contributed by atoms with Crippen LogP contribution < -0.4 is 5.73 Å². The Kier molecular flexibility index (Phi) is 3.82. The quantitative estimate of drug-likeness (QED) is 0.895. The Labute approximate surface area is 114 Å². The lowest BCUT2D eigenvalue weighted by atomic mass is 10.1. The highest BCUT2D eigenvalue weighted by Crippen LogP contribution is 2.27. The monoisotopic (exact) mass is 263 g/mol. The van der Waals surface area contributed by atoms with Crippen molar-refractivity contribution >= 4 is 0 Å². The van der Waals surface area contributed by atoms with Crippen LogP contribution in [-0.2, 0) is 0 Å². The molecule has 1 aliphatic carbocycles. The van der Waals surface area contributed by atoms with Gasteiger partial charge in [-0.2, -0.15) is 0 Å². The first kappa shape index (κ1) is 13.0. The molecule has 1 heterocycles. The Morgan fingerprint density at radius 3 is 2.58 bits per heavy atom. The first-order valence-corrected chi connectivity index (χ1v) is 7.20. The molecule has 1 aromatic carbocycles. The molecule has 2 aliphatic rings. The summed E-state index contributed by atoms with van der Waals surface area (Å²) in [5.74, 6) is -0.202. The van der Waals surface area contributed by atoms with E-state index >= 15 is 0 Å². The van der Waals surface area contributed by atoms with E-state index < -0.39 is 0 Å². The number of piperazine rings is 1. The highest BCUT2D eigenvalue weighted by Gasteiger charge is 2.31. The van der Waals surface area contributed by atoms with Crippen molar-refractivity contribution < 1.29 is 4.39 Å². The Balaban J connectivity index is 1.51. The van der Waals surface area contributed by atoms with Crippen LogP contribution in [0.2, 0.25) is 0 Å². The molecule has 19 heavy (non-hydrogen) atoms. The second kappa shape index (κ2) is 5.57. The van der Waals surface area contributed by atoms with Gasteiger partial charge in [-0.3, -0.25) is 9.80 Å². The van der Waals surface area contributed by atoms with Crippen molar-refractivity contribution in [2.75, 3.05) is 32.7 Å². The predicted molar refractivity (Wildman–Crippen MR) is 74.4 cm³/mol. The molecular weight excluding hydrogens is 241 g/mol. The van der Waals surface area contributed by atoms with Gasteiger partial charge in [0.05, 0.1) is 0 Å². The van der Waals surface area contributed by atoms with Crippen LogP contribution in [0.4, 0.5) is 4.39 Å². The molecule has 2 fully saturated rings. The van der Waals surface area contributed by atoms with E-state index in [0.29, 0.717) is 0 Å². The summed E-state index contributed by atoms with van der Waals surface area (Å²) in [6.45, 7) is 5.29. The summed E-state index contributed by atoms with van der Waals surface area (Å²) in [5.41, 5.74) is 7.07. The first-order valence-electron chi connectivity index (χ1n) is 7.20. The lowest BCUT2D eigenvalue weighted by Gasteiger charge is -2.36. The van der Waals surface area contributed by atoms with Gasteiger partial charge in [-0.1, -0.05) is 12.1 Å². The van der Waals surface area contributed by atoms with Gasteiger partial charge in [0.25, 0.3) is 0 Å². The molecular formula is C15H22FN3. The first-order chi connectivity index (χ1) is 9.22. The Morgan fingerprint density at radius 1 is 1.21 bits per heavy atom. The van der Waals surface area contributed by atoms with Crippen LogP contribution in [-0.4, -0.2) is 48.6 Å². The van der Waals surface area contributed by atoms with Crippen molar-refractivity contribution in [2.24, 2.45) is 5.73 Å². The van der Waals surface area contributed by atoms with Crippen molar-refractivity contribution in [3.63, 3.8) is 0 Å². The van der Waals surface area contributed by atoms with E-state index in [0.717, 1.165) is 44.3 Å². The Hall–Kier alpha value is -0.970. The fourth-order valence-electron chi connectivity index (χ4n) is 2.87. The molecule has 0 aromatic heterocycles. The molecule has 1 aromatic rings. The summed E-state index contributed by atoms with van der Waals surface area (Å²) in [4.78, 5) is 4.98. The highest BCUT2D eigenvalue weighted by molar-refractivity contribution is 5.20. The Bertz CT molecular complexity index is 425. The number of rotatable bonds is 4. The van der Waals surface area contributed by atoms with Gasteiger partial charge in [0.2, 0.25) is 0 Å². The normalized spacial score (nSPS) is 23.5. The molecule has 0 amide bonds. The third kappa shape index (κ3) is 3.32. The van der Waals surface area contributed by atoms with Gasteiger partial charge < -0.3 is 5.73 Å². The smallest absolute Gasteiger partial charge is 0.123 e. The van der Waals surface area contributed by atoms with Gasteiger partial charge in [0.15, 0.2) is 0 Å². The highest BCUT2D eigenvalue weighted by atomic mass is 19.1. The number of nitrogens with zero attached hydrogens (tertiary/aromatic N) is 2. The van der Waals surface area contributed by atoms with Gasteiger partial charge >= 0.3 is 0 Å². The second-order valence-electron chi connectivity index (χ2n) is 5.73. The average Bonchev–Trinajstić information content (AvgIpc) is 3.24. The maximum atomic E-state index is 13.2. The number of hydrogen-bond donors (Lipinski definition) is 1. The van der Waals surface area contributed by atoms with Crippen LogP contribution in [0.3, 0.4) is 0 Å². The summed E-state index contributed by atoms with van der Waals surface area (Å²) in [6, 6.07) is 7.42. The number of halogens is 1. The summed E-state index contributed by atoms with van der Waals surface area (Å²) in [7, 11) is 0. The molecule has 0 radical (unpaired) electrons. The van der Waals surface area contributed by atoms with Crippen LogP contribution in [0.5, 0.6) is 0 Å². The van der Waals surface area contributed by atoms with E-state index in [4.69, 9.17) is 5.73 Å². The third-order valence-corrected chi connectivity index (χ3v) is 4.20. The molecule has 3 rings (SSSR count). The standard InChI is InChI=1S/C15H22FN3/c16-13-3-1-2-12(10-13)15(17)11-18-6-8-19(9-7-18)14-4-5-14/h1-3,10,14-15H,4-9,11,17H2. The molecule has 1 saturated heterocycles. The fraction of sp³-hybridized carbons (Fsp3) is 0.600. The van der Waals surface area contributed by atoms with E-state index in [2.05, 4.69) is 9.80 Å². The van der Waals surface area contributed by atoms with Crippen molar-refractivity contribution in [2.45, 2.75) is 24.9 Å². The minimum atomic E-state index is -0.202. The van der Waals surface area contributed by atoms with Gasteiger partial charge in [-0.15, -0.1) is 0 Å². The molecule has 3 nitrogen and oxygen atoms in total. The second-order valence-corrected chi connectivity index (χ2v) is 5.73. The van der Waals surface area contributed by atoms with Crippen LogP contribution >= 0.6 is 0 Å². The van der Waals surface area contributed by atoms with Crippen LogP contribution in [0.1, 0.15) is 24.4 Å². The summed E-state index contributed by atoms with van der Waals surface area (Å²) in [5, 5.41) is 0. The van der Waals surface area contributed by atoms with E-state index in [9.17, 15) is 4.39 Å². The minimum absolute atomic E-state index is 0.0943. The fourth-order valence-corrected chi connectivity index (χ4v) is 2.87. The predicted octanol–water partition coefficient (Wildman–Crippen LogP) is 1.61. The van der Waals surface area contributed by atoms with E-state index in [1.54, 1.807) is 12.1 Å². The summed E-state index contributed by atoms with van der Waals surface area (Å²) < 4.78 is 13.2. The zero-order valence-corrected chi connectivity index (χ0v) is 11.3. The van der Waals surface area contributed by atoms with E-state index in [1.165, 1.54) is 18.9 Å². The zero-order chi connectivity index (χ0) is 13.2. The van der Waals surface area contributed by atoms with Gasteiger partial charge in [-0.25, -0.2) is 4.39 Å². The van der Waals surface area contributed by atoms with Crippen LogP contribution in [0.15, 0.2) is 24.3 Å². The molecule has 1 aliphatic heterocycles. The largest absolute Gasteiger partial charge is 0.323 e. The third-order valence-electron chi connectivity index (χ3n) is 4.20. The van der Waals surface area contributed by atoms with E-state index in [1.807, 2.05) is 6.07 Å². The van der Waals surface area contributed by atoms with Crippen LogP contribution in [0, 0.1) is 5.82 Å². The zero-order valence-electron chi connectivity index (χ0n) is 11.3. The molecule has 0 spiro atoms. The van der Waals surface area contributed by atoms with Crippen molar-refractivity contribution in [3.05, 3.63) is 35.6 Å². The number of hydrogen-bond acceptors (Lipinski definition) is 3. The molecule has 1 saturated carbocycles. The van der Waals surface area contributed by atoms with Gasteiger partial charge in [-0.05, 0) is 30.5 Å². The Morgan fingerprint density at radius 2 is 1.95 bits per heavy atom. The maximum absolute atomic E-state index is 13.2. The number of benzene rings is 1. The molecule has 1 atom stereocenters. The molecule has 4 heteroatoms. The molecule has 0 bridgehead atoms. The SMILES string of the molecule is NC(CN1CCN(C2CC2)CC1)c1cccc(F)c1. The van der Waals surface area contributed by atoms with Gasteiger partial charge in [0.1, 0.15) is 5.82 Å². The number of nitrogens with two attached hydrogens (primary N) is 1. The lowest BCUT2D eigenvalue weighted by Crippen LogP contribution is -2.48. The van der Waals surface area contributed by atoms with Crippen molar-refractivity contribution in [1.82, 2.24) is 9.80 Å². The van der Waals surface area contributed by atoms with Crippen molar-refractivity contribution in [1.29, 1.82) is 0 Å². The van der Waals surface area contributed by atoms with Gasteiger partial charge in [0, 0.05) is 44.8 Å². The van der Waals surface area contributed by atoms with Crippen LogP contribution in [0.25, 0.3) is 0 Å². The molecule has 1 unspecified atom stereocenters. The minimum Gasteiger partial charge on any atom is -0.323 e. The summed E-state index contributed by atoms with van der Waals surface area (Å²) in [6.07, 6.45) is 2.76. The average molecular weight is 263 g/mol. The van der Waals surface area contributed by atoms with Crippen molar-refractivity contribution in [3.8, 4) is 0 Å². The topological polar surface area (TPSA) is 32.5 Å². The molecule has 104 valence electrons. The molecule has 2 N–H and O–H groups in total. The lowest BCUT2D eigenvalue weighted by molar-refractivity contribution is 0.121.